The van der Waals surface area contributed by atoms with E-state index in [1.807, 2.05) is 45.0 Å². The molecule has 0 spiro atoms. The molecule has 3 aliphatic rings. The maximum absolute atomic E-state index is 13.6. The highest BCUT2D eigenvalue weighted by Gasteiger charge is 2.54. The van der Waals surface area contributed by atoms with Gasteiger partial charge >= 0.3 is 0 Å². The van der Waals surface area contributed by atoms with Crippen LogP contribution in [0.4, 0.5) is 0 Å². The van der Waals surface area contributed by atoms with Crippen LogP contribution >= 0.6 is 0 Å². The lowest BCUT2D eigenvalue weighted by Gasteiger charge is -2.46. The number of methoxy groups -OCH3 is 1. The van der Waals surface area contributed by atoms with Gasteiger partial charge in [-0.15, -0.1) is 0 Å². The molecule has 0 aromatic heterocycles. The van der Waals surface area contributed by atoms with Crippen molar-refractivity contribution in [1.82, 2.24) is 15.5 Å². The standard InChI is InChI=1S/C30H38N4O5/c1-6-30(7-2)16-23(35)34(27(31)33-30)25-21-14-18(12-13-22(21)39-29(25,4)17-38-5)26(36)32-24-20-11-9-8-10-19(20)15-28(24,3)37/h8-14,24-25,37H,6-7,15-17H2,1-5H3,(H2,31,33)(H,32,36)/t24?,25-,28?,29+/m0/s1. The Morgan fingerprint density at radius 1 is 1.18 bits per heavy atom. The van der Waals surface area contributed by atoms with Crippen LogP contribution in [0.2, 0.25) is 0 Å². The third kappa shape index (κ3) is 4.47. The Morgan fingerprint density at radius 2 is 1.90 bits per heavy atom. The van der Waals surface area contributed by atoms with Crippen molar-refractivity contribution in [3.63, 3.8) is 0 Å². The number of benzene rings is 2. The summed E-state index contributed by atoms with van der Waals surface area (Å²) in [7, 11) is 1.57. The molecule has 4 atom stereocenters. The number of ether oxygens (including phenoxy) is 2. The van der Waals surface area contributed by atoms with Gasteiger partial charge in [-0.3, -0.25) is 19.9 Å². The minimum absolute atomic E-state index is 0.0205. The number of nitrogens with one attached hydrogen (secondary N) is 3. The van der Waals surface area contributed by atoms with Gasteiger partial charge in [-0.05, 0) is 56.0 Å². The summed E-state index contributed by atoms with van der Waals surface area (Å²) in [5, 5.41) is 26.2. The van der Waals surface area contributed by atoms with E-state index in [-0.39, 0.29) is 30.8 Å². The van der Waals surface area contributed by atoms with Crippen molar-refractivity contribution in [3.05, 3.63) is 64.7 Å². The van der Waals surface area contributed by atoms with Crippen molar-refractivity contribution < 1.29 is 24.2 Å². The summed E-state index contributed by atoms with van der Waals surface area (Å²) >= 11 is 0. The van der Waals surface area contributed by atoms with Gasteiger partial charge < -0.3 is 25.2 Å². The average molecular weight is 535 g/mol. The predicted molar refractivity (Wildman–Crippen MR) is 147 cm³/mol. The Morgan fingerprint density at radius 3 is 2.56 bits per heavy atom. The molecule has 5 rings (SSSR count). The molecule has 2 unspecified atom stereocenters. The lowest BCUT2D eigenvalue weighted by molar-refractivity contribution is -0.137. The maximum atomic E-state index is 13.6. The molecule has 1 saturated heterocycles. The van der Waals surface area contributed by atoms with Crippen LogP contribution in [0.25, 0.3) is 0 Å². The first kappa shape index (κ1) is 27.1. The Hall–Kier alpha value is -3.43. The van der Waals surface area contributed by atoms with Crippen LogP contribution in [0.5, 0.6) is 5.75 Å². The largest absolute Gasteiger partial charge is 0.482 e. The molecule has 0 saturated carbocycles. The second-order valence-corrected chi connectivity index (χ2v) is 11.5. The van der Waals surface area contributed by atoms with E-state index in [1.165, 1.54) is 4.90 Å². The monoisotopic (exact) mass is 534 g/mol. The fourth-order valence-corrected chi connectivity index (χ4v) is 6.49. The average Bonchev–Trinajstić information content (AvgIpc) is 3.32. The van der Waals surface area contributed by atoms with Gasteiger partial charge in [-0.2, -0.15) is 0 Å². The highest BCUT2D eigenvalue weighted by molar-refractivity contribution is 6.00. The molecule has 208 valence electrons. The number of hydrogen-bond acceptors (Lipinski definition) is 6. The zero-order chi connectivity index (χ0) is 28.2. The molecule has 2 aliphatic heterocycles. The smallest absolute Gasteiger partial charge is 0.251 e. The van der Waals surface area contributed by atoms with Gasteiger partial charge in [-0.1, -0.05) is 38.1 Å². The topological polar surface area (TPSA) is 124 Å². The Bertz CT molecular complexity index is 1300. The number of carbonyl (C=O) groups is 2. The van der Waals surface area contributed by atoms with Crippen LogP contribution in [0.15, 0.2) is 42.5 Å². The highest BCUT2D eigenvalue weighted by Crippen LogP contribution is 2.48. The van der Waals surface area contributed by atoms with Crippen LogP contribution < -0.4 is 15.4 Å². The van der Waals surface area contributed by atoms with Gasteiger partial charge in [0.15, 0.2) is 11.6 Å². The normalized spacial score (nSPS) is 28.9. The van der Waals surface area contributed by atoms with Gasteiger partial charge in [0.2, 0.25) is 5.91 Å². The van der Waals surface area contributed by atoms with E-state index >= 15 is 0 Å². The summed E-state index contributed by atoms with van der Waals surface area (Å²) in [5.41, 5.74) is 0.384. The first-order valence-electron chi connectivity index (χ1n) is 13.6. The van der Waals surface area contributed by atoms with Crippen LogP contribution in [-0.4, -0.2) is 58.2 Å². The van der Waals surface area contributed by atoms with E-state index in [1.54, 1.807) is 32.2 Å². The number of nitrogens with zero attached hydrogens (tertiary/aromatic N) is 1. The SMILES string of the molecule is CCC1(CC)CC(=O)N([C@H]2c3cc(C(=O)NC4c5ccccc5CC4(C)O)ccc3O[C@]2(C)COC)C(=N)N1. The summed E-state index contributed by atoms with van der Waals surface area (Å²) in [6.45, 7) is 7.80. The zero-order valence-electron chi connectivity index (χ0n) is 23.3. The van der Waals surface area contributed by atoms with E-state index < -0.39 is 28.8 Å². The molecule has 2 aromatic carbocycles. The summed E-state index contributed by atoms with van der Waals surface area (Å²) in [5.74, 6) is 0.0534. The lowest BCUT2D eigenvalue weighted by atomic mass is 9.84. The Kier molecular flexibility index (Phi) is 6.71. The molecule has 2 heterocycles. The van der Waals surface area contributed by atoms with Crippen LogP contribution in [0, 0.1) is 5.41 Å². The molecule has 39 heavy (non-hydrogen) atoms. The first-order chi connectivity index (χ1) is 18.5. The number of aliphatic hydroxyl groups is 1. The van der Waals surface area contributed by atoms with Crippen molar-refractivity contribution in [2.75, 3.05) is 13.7 Å². The van der Waals surface area contributed by atoms with Gasteiger partial charge in [-0.25, -0.2) is 0 Å². The molecule has 1 fully saturated rings. The quantitative estimate of drug-likeness (QED) is 0.430. The highest BCUT2D eigenvalue weighted by atomic mass is 16.5. The van der Waals surface area contributed by atoms with Gasteiger partial charge in [0.05, 0.1) is 24.7 Å². The summed E-state index contributed by atoms with van der Waals surface area (Å²) in [4.78, 5) is 28.6. The fourth-order valence-electron chi connectivity index (χ4n) is 6.49. The zero-order valence-corrected chi connectivity index (χ0v) is 23.3. The number of carbonyl (C=O) groups excluding carboxylic acids is 2. The van der Waals surface area contributed by atoms with Crippen molar-refractivity contribution in [1.29, 1.82) is 5.41 Å². The van der Waals surface area contributed by atoms with Crippen molar-refractivity contribution >= 4 is 17.8 Å². The molecular formula is C30H38N4O5. The van der Waals surface area contributed by atoms with Crippen LogP contribution in [0.3, 0.4) is 0 Å². The maximum Gasteiger partial charge on any atom is 0.251 e. The van der Waals surface area contributed by atoms with E-state index in [2.05, 4.69) is 10.6 Å². The molecular weight excluding hydrogens is 496 g/mol. The minimum atomic E-state index is -1.12. The third-order valence-electron chi connectivity index (χ3n) is 8.73. The number of fused-ring (bicyclic) bond motifs is 2. The van der Waals surface area contributed by atoms with E-state index in [9.17, 15) is 14.7 Å². The molecule has 4 N–H and O–H groups in total. The van der Waals surface area contributed by atoms with Crippen molar-refractivity contribution in [2.24, 2.45) is 0 Å². The number of guanidine groups is 1. The fraction of sp³-hybridized carbons (Fsp3) is 0.500. The molecule has 9 heteroatoms. The van der Waals surface area contributed by atoms with Gasteiger partial charge in [0.1, 0.15) is 11.8 Å². The Labute approximate surface area is 229 Å². The summed E-state index contributed by atoms with van der Waals surface area (Å²) in [6.07, 6.45) is 2.15. The van der Waals surface area contributed by atoms with Crippen LogP contribution in [0.1, 0.15) is 86.1 Å². The van der Waals surface area contributed by atoms with E-state index in [0.29, 0.717) is 23.3 Å². The van der Waals surface area contributed by atoms with Gasteiger partial charge in [0.25, 0.3) is 5.91 Å². The number of amides is 2. The molecule has 2 amide bonds. The second kappa shape index (κ2) is 9.64. The van der Waals surface area contributed by atoms with E-state index in [0.717, 1.165) is 24.0 Å². The molecule has 2 aromatic rings. The number of rotatable bonds is 7. The molecule has 0 bridgehead atoms. The van der Waals surface area contributed by atoms with E-state index in [4.69, 9.17) is 14.9 Å². The molecule has 0 radical (unpaired) electrons. The predicted octanol–water partition coefficient (Wildman–Crippen LogP) is 3.62. The van der Waals surface area contributed by atoms with Crippen LogP contribution in [-0.2, 0) is 16.0 Å². The molecule has 1 aliphatic carbocycles. The number of hydrogen-bond donors (Lipinski definition) is 4. The molecule has 9 nitrogen and oxygen atoms in total. The second-order valence-electron chi connectivity index (χ2n) is 11.5. The summed E-state index contributed by atoms with van der Waals surface area (Å²) in [6, 6.07) is 11.6. The Balaban J connectivity index is 1.49. The van der Waals surface area contributed by atoms with Gasteiger partial charge in [0, 0.05) is 30.2 Å². The lowest BCUT2D eigenvalue weighted by Crippen LogP contribution is -2.65. The minimum Gasteiger partial charge on any atom is -0.482 e. The summed E-state index contributed by atoms with van der Waals surface area (Å²) < 4.78 is 11.8. The first-order valence-corrected chi connectivity index (χ1v) is 13.6. The third-order valence-corrected chi connectivity index (χ3v) is 8.73. The van der Waals surface area contributed by atoms with Crippen molar-refractivity contribution in [2.45, 2.75) is 82.2 Å². The van der Waals surface area contributed by atoms with Crippen molar-refractivity contribution in [3.8, 4) is 5.75 Å².